The summed E-state index contributed by atoms with van der Waals surface area (Å²) in [4.78, 5) is 33.0. The summed E-state index contributed by atoms with van der Waals surface area (Å²) in [7, 11) is -18.9. The summed E-state index contributed by atoms with van der Waals surface area (Å²) in [5, 5.41) is 26.8. The van der Waals surface area contributed by atoms with Gasteiger partial charge in [-0.2, -0.15) is 64.8 Å². The molecule has 0 fully saturated rings. The lowest BCUT2D eigenvalue weighted by molar-refractivity contribution is -0.0586. The predicted octanol–water partition coefficient (Wildman–Crippen LogP) is 13.3. The van der Waals surface area contributed by atoms with Crippen LogP contribution in [0.1, 0.15) is 40.7 Å². The van der Waals surface area contributed by atoms with Gasteiger partial charge in [-0.05, 0) is 152 Å². The zero-order valence-corrected chi connectivity index (χ0v) is 52.3. The Kier molecular flexibility index (Phi) is 27.3. The average molecular weight is 1440 g/mol. The number of pyridine rings is 5. The van der Waals surface area contributed by atoms with Gasteiger partial charge in [-0.15, -0.1) is 3.63 Å². The van der Waals surface area contributed by atoms with Crippen LogP contribution in [0.2, 0.25) is 0 Å². The predicted molar refractivity (Wildman–Crippen MR) is 334 cm³/mol. The molecule has 4 aromatic carbocycles. The Morgan fingerprint density at radius 3 is 1.33 bits per heavy atom. The maximum Gasteiger partial charge on any atom is 0.569 e. The number of primary amides is 1. The monoisotopic (exact) mass is 1440 g/mol. The van der Waals surface area contributed by atoms with E-state index in [0.29, 0.717) is 30.4 Å². The van der Waals surface area contributed by atoms with Crippen LogP contribution in [-0.4, -0.2) is 99.9 Å². The number of nitrogens with two attached hydrogens (primary N) is 1. The third kappa shape index (κ3) is 22.1. The van der Waals surface area contributed by atoms with Crippen LogP contribution >= 0.6 is 15.9 Å². The van der Waals surface area contributed by atoms with Crippen molar-refractivity contribution >= 4 is 65.5 Å². The molecule has 497 valence electrons. The summed E-state index contributed by atoms with van der Waals surface area (Å²) in [6.45, 7) is 7.58. The summed E-state index contributed by atoms with van der Waals surface area (Å²) in [5.74, 6) is -0.408. The Labute approximate surface area is 542 Å². The molecule has 6 heterocycles. The second-order valence-corrected chi connectivity index (χ2v) is 24.0. The van der Waals surface area contributed by atoms with Crippen molar-refractivity contribution in [2.75, 3.05) is 0 Å². The number of halogens is 10. The fourth-order valence-corrected chi connectivity index (χ4v) is 9.75. The van der Waals surface area contributed by atoms with Crippen LogP contribution in [0.4, 0.5) is 39.5 Å². The maximum absolute atomic E-state index is 12.4. The molecule has 0 aliphatic heterocycles. The van der Waals surface area contributed by atoms with Crippen molar-refractivity contribution in [3.8, 4) is 67.9 Å². The smallest absolute Gasteiger partial charge is 0.535 e. The zero-order chi connectivity index (χ0) is 69.1. The second kappa shape index (κ2) is 33.4. The third-order valence-electron chi connectivity index (χ3n) is 11.4. The number of amides is 1. The molecule has 94 heavy (non-hydrogen) atoms. The lowest BCUT2D eigenvalue weighted by atomic mass is 9.98. The van der Waals surface area contributed by atoms with E-state index in [1.165, 1.54) is 24.4 Å². The first kappa shape index (κ1) is 77.0. The fraction of sp³-hybridized carbons (Fsp3) is 0.133. The van der Waals surface area contributed by atoms with Gasteiger partial charge in [0.25, 0.3) is 5.91 Å². The van der Waals surface area contributed by atoms with Gasteiger partial charge in [0.2, 0.25) is 0 Å². The van der Waals surface area contributed by atoms with Crippen molar-refractivity contribution in [1.82, 2.24) is 29.3 Å². The number of aromatic hydroxyl groups is 2. The van der Waals surface area contributed by atoms with Crippen molar-refractivity contribution < 1.29 is 97.3 Å². The van der Waals surface area contributed by atoms with Crippen LogP contribution in [0.5, 0.6) is 23.0 Å². The SMILES string of the molecule is C.Cc1cccc(-c2ccccc2-c2ccc3ncc(C(N)=O)n3c2)n1.Cc1cccc(-c2ccccc2O)n1.Cc1cccc(-c2ccccc2OS(=O)(=O)C(F)(F)F)n1.Cc1cccc(Br)n1.O=S(=O)(OS(=O)(=O)C(F)(F)F)C(F)(F)F.O[B]Oc1ccccc1O. The van der Waals surface area contributed by atoms with E-state index in [2.05, 4.69) is 49.7 Å². The van der Waals surface area contributed by atoms with E-state index in [1.54, 1.807) is 65.9 Å². The van der Waals surface area contributed by atoms with Crippen LogP contribution < -0.4 is 14.6 Å². The van der Waals surface area contributed by atoms with E-state index in [1.807, 2.05) is 134 Å². The standard InChI is InChI=1S/C20H16N4O.C13H10F3NO3S.C12H11NO.C6H6BO3.C6H6BrN.C2F6O5S2.CH4/c1-13-5-4-8-17(23-13)16-7-3-2-6-15(16)14-9-10-19-22-11-18(20(21)25)24(19)12-14;1-9-5-4-7-11(17-9)10-6-2-3-8-12(10)20-21(18,19)13(14,15)16;1-9-5-4-7-11(13-9)10-6-2-3-8-12(10)14;8-5-3-1-2-4-6(5)10-7-9;1-5-3-2-4-6(7)8-5;3-1(4,5)14(9,10)13-15(11,12)2(6,7)8;/h2-12H,1H3,(H2,21,25);2-8H,1H3;2-8,14H,1H3;1-4,8-9H;2-4H,1H3;;1H4. The number of imidazole rings is 1. The molecule has 10 aromatic rings. The van der Waals surface area contributed by atoms with E-state index >= 15 is 0 Å². The molecule has 1 radical (unpaired) electrons. The number of fused-ring (bicyclic) bond motifs is 1. The molecule has 0 unspecified atom stereocenters. The van der Waals surface area contributed by atoms with Crippen molar-refractivity contribution in [1.29, 1.82) is 0 Å². The number of hydrogen-bond donors (Lipinski definition) is 4. The van der Waals surface area contributed by atoms with Crippen LogP contribution in [-0.2, 0) is 34.0 Å². The van der Waals surface area contributed by atoms with Gasteiger partial charge in [0.05, 0.1) is 23.3 Å². The zero-order valence-electron chi connectivity index (χ0n) is 48.2. The topological polar surface area (TPSA) is 303 Å². The molecule has 20 nitrogen and oxygen atoms in total. The quantitative estimate of drug-likeness (QED) is 0.0307. The van der Waals surface area contributed by atoms with Crippen LogP contribution in [0.3, 0.4) is 0 Å². The number of carbonyl (C=O) groups is 1. The van der Waals surface area contributed by atoms with Gasteiger partial charge in [-0.1, -0.05) is 92.4 Å². The van der Waals surface area contributed by atoms with Crippen LogP contribution in [0.25, 0.3) is 50.5 Å². The first-order valence-electron chi connectivity index (χ1n) is 25.8. The average Bonchev–Trinajstić information content (AvgIpc) is 1.25. The van der Waals surface area contributed by atoms with E-state index in [9.17, 15) is 74.7 Å². The molecule has 0 aliphatic rings. The summed E-state index contributed by atoms with van der Waals surface area (Å²) < 4.78 is 181. The van der Waals surface area contributed by atoms with Gasteiger partial charge < -0.3 is 29.8 Å². The summed E-state index contributed by atoms with van der Waals surface area (Å²) in [6, 6.07) is 53.5. The number of aromatic nitrogens is 6. The number of alkyl halides is 9. The lowest BCUT2D eigenvalue weighted by Gasteiger charge is -2.12. The normalized spacial score (nSPS) is 11.3. The van der Waals surface area contributed by atoms with E-state index in [0.717, 1.165) is 61.4 Å². The number of aryl methyl sites for hydroxylation is 4. The van der Waals surface area contributed by atoms with E-state index in [4.69, 9.17) is 15.9 Å². The number of para-hydroxylation sites is 4. The molecule has 0 saturated carbocycles. The van der Waals surface area contributed by atoms with E-state index in [-0.39, 0.29) is 30.2 Å². The number of rotatable bonds is 11. The number of phenolic OH excluding ortho intramolecular Hbond substituents is 2. The Hall–Kier alpha value is -9.48. The van der Waals surface area contributed by atoms with Crippen LogP contribution in [0.15, 0.2) is 199 Å². The summed E-state index contributed by atoms with van der Waals surface area (Å²) >= 11 is 3.25. The molecule has 0 bridgehead atoms. The molecular weight excluding hydrogens is 1380 g/mol. The van der Waals surface area contributed by atoms with Crippen molar-refractivity contribution in [3.05, 3.63) is 227 Å². The minimum Gasteiger partial charge on any atom is -0.535 e. The Morgan fingerprint density at radius 2 is 0.904 bits per heavy atom. The molecule has 0 aliphatic carbocycles. The van der Waals surface area contributed by atoms with Gasteiger partial charge in [-0.3, -0.25) is 24.1 Å². The molecule has 0 saturated heterocycles. The molecule has 0 atom stereocenters. The van der Waals surface area contributed by atoms with Crippen molar-refractivity contribution in [2.45, 2.75) is 51.6 Å². The molecule has 5 N–H and O–H groups in total. The van der Waals surface area contributed by atoms with Crippen LogP contribution in [0, 0.1) is 27.7 Å². The Morgan fingerprint density at radius 1 is 0.500 bits per heavy atom. The molecule has 6 aromatic heterocycles. The second-order valence-electron chi connectivity index (χ2n) is 18.3. The number of carbonyl (C=O) groups excluding carboxylic acids is 1. The van der Waals surface area contributed by atoms with Gasteiger partial charge in [0.15, 0.2) is 11.5 Å². The molecule has 34 heteroatoms. The fourth-order valence-electron chi connectivity index (χ4n) is 7.28. The largest absolute Gasteiger partial charge is 0.569 e. The third-order valence-corrected chi connectivity index (χ3v) is 15.4. The molecular formula is C60H53BBrF9N7O13S3. The Balaban J connectivity index is 0.000000249. The van der Waals surface area contributed by atoms with Crippen molar-refractivity contribution in [2.24, 2.45) is 5.73 Å². The molecule has 1 amide bonds. The highest BCUT2D eigenvalue weighted by molar-refractivity contribution is 9.10. The van der Waals surface area contributed by atoms with Gasteiger partial charge in [0.1, 0.15) is 27.4 Å². The van der Waals surface area contributed by atoms with Gasteiger partial charge in [-0.25, -0.2) is 9.97 Å². The van der Waals surface area contributed by atoms with E-state index < -0.39 is 58.5 Å². The van der Waals surface area contributed by atoms with Crippen molar-refractivity contribution in [3.63, 3.8) is 0 Å². The minimum atomic E-state index is -6.85. The highest BCUT2D eigenvalue weighted by Gasteiger charge is 2.57. The molecule has 0 spiro atoms. The first-order valence-corrected chi connectivity index (χ1v) is 30.9. The lowest BCUT2D eigenvalue weighted by Crippen LogP contribution is -2.34. The minimum absolute atomic E-state index is 0. The Bertz CT molecular complexity index is 4500. The number of nitrogens with zero attached hydrogens (tertiary/aromatic N) is 6. The summed E-state index contributed by atoms with van der Waals surface area (Å²) in [5.41, 5.74) is -1.91. The number of benzene rings is 4. The van der Waals surface area contributed by atoms with Gasteiger partial charge >= 0.3 is 54.6 Å². The summed E-state index contributed by atoms with van der Waals surface area (Å²) in [6.07, 6.45) is 3.38. The maximum atomic E-state index is 12.4. The van der Waals surface area contributed by atoms with Gasteiger partial charge in [0, 0.05) is 45.7 Å². The number of hydrogen-bond acceptors (Lipinski definition) is 18. The highest BCUT2D eigenvalue weighted by atomic mass is 79.9. The molecule has 10 rings (SSSR count). The highest BCUT2D eigenvalue weighted by Crippen LogP contribution is 2.36. The number of phenols is 2. The first-order chi connectivity index (χ1) is 43.4.